The van der Waals surface area contributed by atoms with Crippen molar-refractivity contribution < 1.29 is 4.74 Å². The minimum Gasteiger partial charge on any atom is -0.481 e. The molecular formula is C12H11ClN6O. The molecule has 0 bridgehead atoms. The van der Waals surface area contributed by atoms with Crippen LogP contribution in [0.25, 0.3) is 11.3 Å². The molecule has 0 fully saturated rings. The lowest BCUT2D eigenvalue weighted by Gasteiger charge is -2.17. The number of hydrazine groups is 2. The van der Waals surface area contributed by atoms with E-state index < -0.39 is 0 Å². The summed E-state index contributed by atoms with van der Waals surface area (Å²) in [4.78, 5) is 8.26. The van der Waals surface area contributed by atoms with Crippen LogP contribution in [0.3, 0.4) is 0 Å². The number of halogens is 1. The van der Waals surface area contributed by atoms with Gasteiger partial charge in [0.2, 0.25) is 5.88 Å². The van der Waals surface area contributed by atoms with Crippen LogP contribution in [0.2, 0.25) is 5.02 Å². The van der Waals surface area contributed by atoms with E-state index in [-0.39, 0.29) is 0 Å². The smallest absolute Gasteiger partial charge is 0.216 e. The number of anilines is 1. The molecule has 0 saturated heterocycles. The molecule has 0 unspecified atom stereocenters. The van der Waals surface area contributed by atoms with Gasteiger partial charge in [-0.2, -0.15) is 5.10 Å². The largest absolute Gasteiger partial charge is 0.481 e. The van der Waals surface area contributed by atoms with Gasteiger partial charge in [0.15, 0.2) is 0 Å². The maximum atomic E-state index is 6.08. The summed E-state index contributed by atoms with van der Waals surface area (Å²) in [5.41, 5.74) is 7.91. The lowest BCUT2D eigenvalue weighted by Crippen LogP contribution is -2.37. The van der Waals surface area contributed by atoms with E-state index in [9.17, 15) is 0 Å². The second kappa shape index (κ2) is 5.32. The van der Waals surface area contributed by atoms with Crippen molar-refractivity contribution in [3.8, 4) is 17.1 Å². The van der Waals surface area contributed by atoms with Crippen LogP contribution in [0, 0.1) is 0 Å². The Hall–Kier alpha value is -2.38. The first-order valence-electron chi connectivity index (χ1n) is 5.77. The van der Waals surface area contributed by atoms with E-state index >= 15 is 0 Å². The molecule has 0 atom stereocenters. The lowest BCUT2D eigenvalue weighted by atomic mass is 10.1. The summed E-state index contributed by atoms with van der Waals surface area (Å²) in [6.45, 7) is 0. The molecule has 0 amide bonds. The van der Waals surface area contributed by atoms with Crippen LogP contribution in [0.15, 0.2) is 35.7 Å². The summed E-state index contributed by atoms with van der Waals surface area (Å²) in [6.07, 6.45) is 3.06. The van der Waals surface area contributed by atoms with E-state index in [4.69, 9.17) is 16.3 Å². The third kappa shape index (κ3) is 2.36. The van der Waals surface area contributed by atoms with Crippen LogP contribution in [0.4, 0.5) is 5.69 Å². The molecule has 2 aromatic rings. The van der Waals surface area contributed by atoms with Crippen molar-refractivity contribution in [1.82, 2.24) is 21.0 Å². The molecule has 1 aliphatic heterocycles. The summed E-state index contributed by atoms with van der Waals surface area (Å²) >= 11 is 6.08. The Morgan fingerprint density at radius 1 is 1.25 bits per heavy atom. The Morgan fingerprint density at radius 2 is 2.15 bits per heavy atom. The molecule has 3 rings (SSSR count). The van der Waals surface area contributed by atoms with Crippen molar-refractivity contribution in [3.63, 3.8) is 0 Å². The van der Waals surface area contributed by atoms with E-state index in [1.165, 1.54) is 6.33 Å². The van der Waals surface area contributed by atoms with Gasteiger partial charge in [0.1, 0.15) is 12.7 Å². The molecule has 102 valence electrons. The first-order valence-corrected chi connectivity index (χ1v) is 6.15. The van der Waals surface area contributed by atoms with Crippen LogP contribution >= 0.6 is 11.6 Å². The highest BCUT2D eigenvalue weighted by molar-refractivity contribution is 6.31. The van der Waals surface area contributed by atoms with E-state index in [0.717, 1.165) is 11.3 Å². The van der Waals surface area contributed by atoms with Crippen LogP contribution in [0.1, 0.15) is 0 Å². The monoisotopic (exact) mass is 290 g/mol. The molecule has 0 spiro atoms. The summed E-state index contributed by atoms with van der Waals surface area (Å²) in [5.74, 6) is 0.488. The highest BCUT2D eigenvalue weighted by atomic mass is 35.5. The highest BCUT2D eigenvalue weighted by Gasteiger charge is 2.15. The molecule has 2 N–H and O–H groups in total. The molecule has 7 nitrogen and oxygen atoms in total. The predicted molar refractivity (Wildman–Crippen MR) is 76.3 cm³/mol. The van der Waals surface area contributed by atoms with Gasteiger partial charge in [-0.25, -0.2) is 20.5 Å². The van der Waals surface area contributed by atoms with Crippen molar-refractivity contribution in [3.05, 3.63) is 35.6 Å². The third-order valence-corrected chi connectivity index (χ3v) is 2.99. The van der Waals surface area contributed by atoms with Crippen LogP contribution in [0.5, 0.6) is 5.88 Å². The number of aromatic nitrogens is 2. The molecule has 20 heavy (non-hydrogen) atoms. The SMILES string of the molecule is COc1cc(-c2cc(Cl)ccc2N2C=NNN2)ncn1. The van der Waals surface area contributed by atoms with E-state index in [2.05, 4.69) is 26.1 Å². The summed E-state index contributed by atoms with van der Waals surface area (Å²) in [7, 11) is 1.56. The molecule has 1 aromatic carbocycles. The van der Waals surface area contributed by atoms with Crippen LogP contribution in [-0.2, 0) is 0 Å². The second-order valence-electron chi connectivity index (χ2n) is 3.95. The fourth-order valence-electron chi connectivity index (χ4n) is 1.84. The van der Waals surface area contributed by atoms with Crippen molar-refractivity contribution >= 4 is 23.6 Å². The number of hydrazone groups is 1. The number of ether oxygens (including phenoxy) is 1. The van der Waals surface area contributed by atoms with Gasteiger partial charge < -0.3 is 4.74 Å². The van der Waals surface area contributed by atoms with Crippen molar-refractivity contribution in [2.45, 2.75) is 0 Å². The second-order valence-corrected chi connectivity index (χ2v) is 4.38. The third-order valence-electron chi connectivity index (χ3n) is 2.75. The zero-order valence-corrected chi connectivity index (χ0v) is 11.3. The molecule has 8 heteroatoms. The summed E-state index contributed by atoms with van der Waals surface area (Å²) in [5, 5.41) is 6.22. The zero-order chi connectivity index (χ0) is 13.9. The average molecular weight is 291 g/mol. The van der Waals surface area contributed by atoms with Crippen molar-refractivity contribution in [2.24, 2.45) is 5.10 Å². The predicted octanol–water partition coefficient (Wildman–Crippen LogP) is 1.58. The number of methoxy groups -OCH3 is 1. The van der Waals surface area contributed by atoms with Gasteiger partial charge in [0.25, 0.3) is 0 Å². The Bertz CT molecular complexity index is 662. The number of nitrogens with zero attached hydrogens (tertiary/aromatic N) is 4. The van der Waals surface area contributed by atoms with Gasteiger partial charge in [-0.3, -0.25) is 0 Å². The molecule has 1 aromatic heterocycles. The fourth-order valence-corrected chi connectivity index (χ4v) is 2.01. The first kappa shape index (κ1) is 12.6. The number of rotatable bonds is 3. The number of nitrogens with one attached hydrogen (secondary N) is 2. The van der Waals surface area contributed by atoms with Gasteiger partial charge >= 0.3 is 0 Å². The number of hydrogen-bond donors (Lipinski definition) is 2. The standard InChI is InChI=1S/C12H11ClN6O/c1-20-12-5-10(14-6-15-12)9-4-8(13)2-3-11(9)19-7-16-17-18-19/h2-7,17-18H,1H3. The molecule has 0 aliphatic carbocycles. The van der Waals surface area contributed by atoms with E-state index in [1.54, 1.807) is 30.6 Å². The van der Waals surface area contributed by atoms with E-state index in [1.807, 2.05) is 12.1 Å². The van der Waals surface area contributed by atoms with Crippen molar-refractivity contribution in [1.29, 1.82) is 0 Å². The number of benzene rings is 1. The fraction of sp³-hybridized carbons (Fsp3) is 0.0833. The molecule has 2 heterocycles. The maximum absolute atomic E-state index is 6.08. The Labute approximate surface area is 120 Å². The van der Waals surface area contributed by atoms with Gasteiger partial charge in [-0.05, 0) is 18.2 Å². The van der Waals surface area contributed by atoms with Crippen molar-refractivity contribution in [2.75, 3.05) is 12.1 Å². The molecular weight excluding hydrogens is 280 g/mol. The Morgan fingerprint density at radius 3 is 2.90 bits per heavy atom. The molecule has 1 aliphatic rings. The lowest BCUT2D eigenvalue weighted by molar-refractivity contribution is 0.397. The Kier molecular flexibility index (Phi) is 3.36. The normalized spacial score (nSPS) is 13.4. The van der Waals surface area contributed by atoms with E-state index in [0.29, 0.717) is 16.6 Å². The van der Waals surface area contributed by atoms with Gasteiger partial charge in [0.05, 0.1) is 18.5 Å². The van der Waals surface area contributed by atoms with Crippen LogP contribution in [-0.4, -0.2) is 23.4 Å². The van der Waals surface area contributed by atoms with Crippen LogP contribution < -0.4 is 20.8 Å². The highest BCUT2D eigenvalue weighted by Crippen LogP contribution is 2.32. The van der Waals surface area contributed by atoms with Gasteiger partial charge in [0, 0.05) is 16.7 Å². The summed E-state index contributed by atoms with van der Waals surface area (Å²) < 4.78 is 5.12. The zero-order valence-electron chi connectivity index (χ0n) is 10.5. The van der Waals surface area contributed by atoms with Gasteiger partial charge in [-0.1, -0.05) is 11.6 Å². The summed E-state index contributed by atoms with van der Waals surface area (Å²) in [6, 6.07) is 7.24. The molecule has 0 radical (unpaired) electrons. The molecule has 0 saturated carbocycles. The number of hydrogen-bond acceptors (Lipinski definition) is 7. The van der Waals surface area contributed by atoms with Gasteiger partial charge in [-0.15, -0.1) is 5.53 Å². The minimum atomic E-state index is 0.488. The topological polar surface area (TPSA) is 74.7 Å². The maximum Gasteiger partial charge on any atom is 0.216 e. The quantitative estimate of drug-likeness (QED) is 0.894. The minimum absolute atomic E-state index is 0.488. The average Bonchev–Trinajstić information content (AvgIpc) is 3.01. The Balaban J connectivity index is 2.10. The first-order chi connectivity index (χ1) is 9.78.